The van der Waals surface area contributed by atoms with E-state index in [0.717, 1.165) is 29.1 Å². The Bertz CT molecular complexity index is 845. The third-order valence-electron chi connectivity index (χ3n) is 3.52. The minimum absolute atomic E-state index is 0.0395. The van der Waals surface area contributed by atoms with Gasteiger partial charge >= 0.3 is 0 Å². The third-order valence-corrected chi connectivity index (χ3v) is 3.52. The van der Waals surface area contributed by atoms with E-state index in [1.165, 1.54) is 4.52 Å². The molecule has 116 valence electrons. The van der Waals surface area contributed by atoms with E-state index >= 15 is 0 Å². The summed E-state index contributed by atoms with van der Waals surface area (Å²) in [6, 6.07) is 9.98. The van der Waals surface area contributed by atoms with E-state index in [4.69, 9.17) is 5.73 Å². The molecule has 0 bridgehead atoms. The Labute approximate surface area is 129 Å². The number of H-pyrrole nitrogens is 1. The van der Waals surface area contributed by atoms with Crippen LogP contribution < -0.4 is 11.3 Å². The van der Waals surface area contributed by atoms with Crippen LogP contribution in [0.15, 0.2) is 35.1 Å². The summed E-state index contributed by atoms with van der Waals surface area (Å²) in [5.74, 6) is 0. The average Bonchev–Trinajstić information content (AvgIpc) is 2.90. The second-order valence-electron chi connectivity index (χ2n) is 5.21. The van der Waals surface area contributed by atoms with Gasteiger partial charge in [-0.05, 0) is 32.9 Å². The maximum absolute atomic E-state index is 12.2. The molecular formula is C17H22N4O. The first-order valence-electron chi connectivity index (χ1n) is 7.34. The van der Waals surface area contributed by atoms with Gasteiger partial charge in [-0.15, -0.1) is 0 Å². The molecule has 0 saturated carbocycles. The Hall–Kier alpha value is -2.40. The lowest BCUT2D eigenvalue weighted by atomic mass is 10.1. The smallest absolute Gasteiger partial charge is 0.275 e. The summed E-state index contributed by atoms with van der Waals surface area (Å²) in [6.45, 7) is 8.36. The van der Waals surface area contributed by atoms with Crippen LogP contribution >= 0.6 is 0 Å². The van der Waals surface area contributed by atoms with Crippen molar-refractivity contribution in [3.8, 4) is 11.3 Å². The highest BCUT2D eigenvalue weighted by atomic mass is 16.1. The fraction of sp³-hybridized carbons (Fsp3) is 0.294. The van der Waals surface area contributed by atoms with Gasteiger partial charge in [-0.3, -0.25) is 9.89 Å². The first-order valence-corrected chi connectivity index (χ1v) is 7.34. The Balaban J connectivity index is 0.000000545. The van der Waals surface area contributed by atoms with Crippen LogP contribution in [0.4, 0.5) is 0 Å². The van der Waals surface area contributed by atoms with E-state index < -0.39 is 0 Å². The highest BCUT2D eigenvalue weighted by Gasteiger charge is 2.10. The molecule has 0 unspecified atom stereocenters. The summed E-state index contributed by atoms with van der Waals surface area (Å²) < 4.78 is 1.50. The van der Waals surface area contributed by atoms with Gasteiger partial charge in [0, 0.05) is 22.9 Å². The van der Waals surface area contributed by atoms with Gasteiger partial charge in [0.25, 0.3) is 5.56 Å². The van der Waals surface area contributed by atoms with E-state index in [1.54, 1.807) is 6.92 Å². The number of nitrogens with two attached hydrogens (primary N) is 1. The zero-order chi connectivity index (χ0) is 16.3. The molecule has 3 aromatic rings. The van der Waals surface area contributed by atoms with Crippen molar-refractivity contribution < 1.29 is 0 Å². The summed E-state index contributed by atoms with van der Waals surface area (Å²) in [5, 5.41) is 3.13. The number of nitrogens with one attached hydrogen (secondary N) is 1. The lowest BCUT2D eigenvalue weighted by Gasteiger charge is -2.01. The SMILES string of the molecule is CCN.Cc1ccccc1-c1cc2nc(C)c(C)c(=O)n2[nH]1. The summed E-state index contributed by atoms with van der Waals surface area (Å²) in [4.78, 5) is 16.6. The molecule has 2 heterocycles. The molecule has 3 N–H and O–H groups in total. The number of benzene rings is 1. The topological polar surface area (TPSA) is 76.2 Å². The Morgan fingerprint density at radius 1 is 1.23 bits per heavy atom. The van der Waals surface area contributed by atoms with Crippen molar-refractivity contribution in [3.63, 3.8) is 0 Å². The van der Waals surface area contributed by atoms with Crippen LogP contribution in [-0.4, -0.2) is 21.1 Å². The quantitative estimate of drug-likeness (QED) is 0.725. The molecule has 3 rings (SSSR count). The van der Waals surface area contributed by atoms with Crippen molar-refractivity contribution in [2.24, 2.45) is 5.73 Å². The number of aromatic amines is 1. The summed E-state index contributed by atoms with van der Waals surface area (Å²) in [5.41, 5.74) is 10.1. The highest BCUT2D eigenvalue weighted by Crippen LogP contribution is 2.22. The van der Waals surface area contributed by atoms with Crippen LogP contribution in [-0.2, 0) is 0 Å². The van der Waals surface area contributed by atoms with Crippen LogP contribution in [0.3, 0.4) is 0 Å². The molecule has 1 aromatic carbocycles. The summed E-state index contributed by atoms with van der Waals surface area (Å²) in [6.07, 6.45) is 0. The largest absolute Gasteiger partial charge is 0.331 e. The second kappa shape index (κ2) is 6.58. The van der Waals surface area contributed by atoms with E-state index in [2.05, 4.69) is 10.1 Å². The molecule has 2 aromatic heterocycles. The minimum atomic E-state index is -0.0395. The predicted molar refractivity (Wildman–Crippen MR) is 90.2 cm³/mol. The highest BCUT2D eigenvalue weighted by molar-refractivity contribution is 5.67. The number of aryl methyl sites for hydroxylation is 2. The van der Waals surface area contributed by atoms with Gasteiger partial charge in [0.05, 0.1) is 5.69 Å². The predicted octanol–water partition coefficient (Wildman–Crippen LogP) is 2.58. The second-order valence-corrected chi connectivity index (χ2v) is 5.21. The molecule has 0 saturated heterocycles. The lowest BCUT2D eigenvalue weighted by molar-refractivity contribution is 0.876. The van der Waals surface area contributed by atoms with Gasteiger partial charge in [0.1, 0.15) is 0 Å². The number of hydrogen-bond donors (Lipinski definition) is 2. The zero-order valence-corrected chi connectivity index (χ0v) is 13.5. The number of hydrogen-bond acceptors (Lipinski definition) is 3. The van der Waals surface area contributed by atoms with Crippen molar-refractivity contribution >= 4 is 5.65 Å². The van der Waals surface area contributed by atoms with E-state index in [9.17, 15) is 4.79 Å². The van der Waals surface area contributed by atoms with Gasteiger partial charge < -0.3 is 5.73 Å². The van der Waals surface area contributed by atoms with Crippen LogP contribution in [0.25, 0.3) is 16.9 Å². The molecule has 0 radical (unpaired) electrons. The molecule has 22 heavy (non-hydrogen) atoms. The van der Waals surface area contributed by atoms with Crippen LogP contribution in [0.5, 0.6) is 0 Å². The number of fused-ring (bicyclic) bond motifs is 1. The molecule has 0 atom stereocenters. The molecular weight excluding hydrogens is 276 g/mol. The Kier molecular flexibility index (Phi) is 4.78. The standard InChI is InChI=1S/C15H15N3O.C2H7N/c1-9-6-4-5-7-12(9)13-8-14-16-11(3)10(2)15(19)18(14)17-13;1-2-3/h4-8,17H,1-3H3;2-3H2,1H3. The van der Waals surface area contributed by atoms with Crippen LogP contribution in [0.1, 0.15) is 23.7 Å². The normalized spacial score (nSPS) is 10.4. The van der Waals surface area contributed by atoms with Gasteiger partial charge in [-0.1, -0.05) is 31.2 Å². The molecule has 0 fully saturated rings. The van der Waals surface area contributed by atoms with E-state index in [1.807, 2.05) is 51.1 Å². The van der Waals surface area contributed by atoms with E-state index in [0.29, 0.717) is 11.2 Å². The Morgan fingerprint density at radius 3 is 2.50 bits per heavy atom. The van der Waals surface area contributed by atoms with Crippen molar-refractivity contribution in [2.75, 3.05) is 6.54 Å². The lowest BCUT2D eigenvalue weighted by Crippen LogP contribution is -2.19. The van der Waals surface area contributed by atoms with Gasteiger partial charge in [0.15, 0.2) is 5.65 Å². The third kappa shape index (κ3) is 2.94. The average molecular weight is 298 g/mol. The molecule has 0 amide bonds. The van der Waals surface area contributed by atoms with Crippen LogP contribution in [0, 0.1) is 20.8 Å². The fourth-order valence-corrected chi connectivity index (χ4v) is 2.23. The van der Waals surface area contributed by atoms with Crippen molar-refractivity contribution in [3.05, 3.63) is 57.5 Å². The Morgan fingerprint density at radius 2 is 1.86 bits per heavy atom. The monoisotopic (exact) mass is 298 g/mol. The molecule has 0 aliphatic rings. The van der Waals surface area contributed by atoms with Crippen molar-refractivity contribution in [1.29, 1.82) is 0 Å². The number of aromatic nitrogens is 3. The maximum atomic E-state index is 12.2. The molecule has 0 aliphatic heterocycles. The molecule has 0 spiro atoms. The van der Waals surface area contributed by atoms with E-state index in [-0.39, 0.29) is 5.56 Å². The van der Waals surface area contributed by atoms with Crippen molar-refractivity contribution in [1.82, 2.24) is 14.6 Å². The number of rotatable bonds is 1. The van der Waals surface area contributed by atoms with Gasteiger partial charge in [0.2, 0.25) is 0 Å². The number of nitrogens with zero attached hydrogens (tertiary/aromatic N) is 2. The molecule has 0 aliphatic carbocycles. The van der Waals surface area contributed by atoms with Gasteiger partial charge in [-0.25, -0.2) is 9.50 Å². The maximum Gasteiger partial charge on any atom is 0.275 e. The summed E-state index contributed by atoms with van der Waals surface area (Å²) in [7, 11) is 0. The first-order chi connectivity index (χ1) is 10.5. The van der Waals surface area contributed by atoms with Crippen LogP contribution in [0.2, 0.25) is 0 Å². The molecule has 5 heteroatoms. The fourth-order valence-electron chi connectivity index (χ4n) is 2.23. The van der Waals surface area contributed by atoms with Gasteiger partial charge in [-0.2, -0.15) is 0 Å². The zero-order valence-electron chi connectivity index (χ0n) is 13.5. The summed E-state index contributed by atoms with van der Waals surface area (Å²) >= 11 is 0. The van der Waals surface area contributed by atoms with Crippen molar-refractivity contribution in [2.45, 2.75) is 27.7 Å². The first kappa shape index (κ1) is 16.0. The minimum Gasteiger partial charge on any atom is -0.331 e. The molecule has 5 nitrogen and oxygen atoms in total.